The predicted molar refractivity (Wildman–Crippen MR) is 40.2 cm³/mol. The molecule has 60 valence electrons. The summed E-state index contributed by atoms with van der Waals surface area (Å²) in [6.07, 6.45) is 2.39. The normalized spacial score (nSPS) is 17.6. The van der Waals surface area contributed by atoms with Gasteiger partial charge in [-0.1, -0.05) is 10.2 Å². The molecule has 5 heteroatoms. The summed E-state index contributed by atoms with van der Waals surface area (Å²) in [4.78, 5) is 2.04. The molecule has 0 amide bonds. The molecule has 0 aromatic carbocycles. The highest BCUT2D eigenvalue weighted by Gasteiger charge is 2.17. The number of nitrogen functional groups attached to an aromatic ring is 1. The second kappa shape index (κ2) is 2.41. The van der Waals surface area contributed by atoms with Crippen LogP contribution in [0.1, 0.15) is 12.8 Å². The minimum Gasteiger partial charge on any atom is -0.390 e. The molecule has 2 heterocycles. The van der Waals surface area contributed by atoms with Crippen LogP contribution in [0.5, 0.6) is 0 Å². The average molecular weight is 154 g/mol. The topological polar surface area (TPSA) is 68.2 Å². The standard InChI is InChI=1S/C6H10N4O/c7-5-8-9-6(11-5)10-3-1-2-4-10/h1-4H2,(H2,7,8). The van der Waals surface area contributed by atoms with E-state index in [1.807, 2.05) is 4.90 Å². The summed E-state index contributed by atoms with van der Waals surface area (Å²) >= 11 is 0. The second-order valence-electron chi connectivity index (χ2n) is 2.62. The van der Waals surface area contributed by atoms with E-state index in [2.05, 4.69) is 10.2 Å². The fraction of sp³-hybridized carbons (Fsp3) is 0.667. The fourth-order valence-corrected chi connectivity index (χ4v) is 1.26. The number of aromatic nitrogens is 2. The molecule has 2 N–H and O–H groups in total. The van der Waals surface area contributed by atoms with E-state index in [1.165, 1.54) is 12.8 Å². The van der Waals surface area contributed by atoms with Crippen LogP contribution < -0.4 is 10.6 Å². The van der Waals surface area contributed by atoms with Crippen LogP contribution in [-0.2, 0) is 0 Å². The van der Waals surface area contributed by atoms with Crippen molar-refractivity contribution in [1.82, 2.24) is 10.2 Å². The maximum Gasteiger partial charge on any atom is 0.319 e. The summed E-state index contributed by atoms with van der Waals surface area (Å²) in [5.74, 6) is 0. The second-order valence-corrected chi connectivity index (χ2v) is 2.62. The van der Waals surface area contributed by atoms with Crippen LogP contribution in [0, 0.1) is 0 Å². The molecule has 1 saturated heterocycles. The van der Waals surface area contributed by atoms with Crippen LogP contribution in [0.4, 0.5) is 12.0 Å². The van der Waals surface area contributed by atoms with Gasteiger partial charge in [0, 0.05) is 13.1 Å². The molecular weight excluding hydrogens is 144 g/mol. The van der Waals surface area contributed by atoms with Crippen molar-refractivity contribution in [2.75, 3.05) is 23.7 Å². The first kappa shape index (κ1) is 6.45. The van der Waals surface area contributed by atoms with Crippen molar-refractivity contribution in [2.24, 2.45) is 0 Å². The minimum absolute atomic E-state index is 0.145. The summed E-state index contributed by atoms with van der Waals surface area (Å²) < 4.78 is 5.05. The maximum atomic E-state index is 5.28. The molecule has 1 fully saturated rings. The zero-order chi connectivity index (χ0) is 7.68. The molecule has 2 rings (SSSR count). The monoisotopic (exact) mass is 154 g/mol. The lowest BCUT2D eigenvalue weighted by Gasteiger charge is -2.09. The van der Waals surface area contributed by atoms with Gasteiger partial charge in [0.1, 0.15) is 0 Å². The van der Waals surface area contributed by atoms with Crippen LogP contribution in [0.25, 0.3) is 0 Å². The molecule has 0 aliphatic carbocycles. The first-order valence-electron chi connectivity index (χ1n) is 3.70. The number of hydrogen-bond acceptors (Lipinski definition) is 5. The smallest absolute Gasteiger partial charge is 0.319 e. The molecular formula is C6H10N4O. The third-order valence-electron chi connectivity index (χ3n) is 1.81. The molecule has 0 bridgehead atoms. The zero-order valence-electron chi connectivity index (χ0n) is 6.16. The van der Waals surface area contributed by atoms with Gasteiger partial charge in [0.05, 0.1) is 0 Å². The van der Waals surface area contributed by atoms with Gasteiger partial charge in [0.2, 0.25) is 0 Å². The van der Waals surface area contributed by atoms with Gasteiger partial charge in [-0.05, 0) is 12.8 Å². The summed E-state index contributed by atoms with van der Waals surface area (Å²) in [6, 6.07) is 0.701. The van der Waals surface area contributed by atoms with Crippen molar-refractivity contribution < 1.29 is 4.42 Å². The summed E-state index contributed by atoms with van der Waals surface area (Å²) in [5.41, 5.74) is 5.28. The molecule has 0 radical (unpaired) electrons. The van der Waals surface area contributed by atoms with Gasteiger partial charge in [-0.25, -0.2) is 0 Å². The van der Waals surface area contributed by atoms with Crippen LogP contribution in [0.3, 0.4) is 0 Å². The highest BCUT2D eigenvalue weighted by atomic mass is 16.4. The van der Waals surface area contributed by atoms with E-state index in [9.17, 15) is 0 Å². The molecule has 0 atom stereocenters. The maximum absolute atomic E-state index is 5.28. The van der Waals surface area contributed by atoms with Gasteiger partial charge in [-0.15, -0.1) is 0 Å². The average Bonchev–Trinajstić information content (AvgIpc) is 2.55. The Bertz CT molecular complexity index is 240. The van der Waals surface area contributed by atoms with Crippen LogP contribution in [0.2, 0.25) is 0 Å². The molecule has 5 nitrogen and oxygen atoms in total. The van der Waals surface area contributed by atoms with Crippen molar-refractivity contribution in [3.05, 3.63) is 0 Å². The van der Waals surface area contributed by atoms with Gasteiger partial charge in [-0.3, -0.25) is 0 Å². The van der Waals surface area contributed by atoms with Crippen LogP contribution in [0.15, 0.2) is 4.42 Å². The number of hydrogen-bond donors (Lipinski definition) is 1. The Hall–Kier alpha value is -1.26. The molecule has 1 aliphatic rings. The lowest BCUT2D eigenvalue weighted by molar-refractivity contribution is 0.562. The molecule has 0 spiro atoms. The lowest BCUT2D eigenvalue weighted by atomic mass is 10.4. The Morgan fingerprint density at radius 3 is 2.55 bits per heavy atom. The first-order valence-corrected chi connectivity index (χ1v) is 3.70. The summed E-state index contributed by atoms with van der Waals surface area (Å²) in [7, 11) is 0. The van der Waals surface area contributed by atoms with Gasteiger partial charge in [-0.2, -0.15) is 0 Å². The quantitative estimate of drug-likeness (QED) is 0.628. The van der Waals surface area contributed by atoms with Gasteiger partial charge in [0.15, 0.2) is 0 Å². The zero-order valence-corrected chi connectivity index (χ0v) is 6.16. The van der Waals surface area contributed by atoms with Crippen molar-refractivity contribution in [1.29, 1.82) is 0 Å². The van der Waals surface area contributed by atoms with Crippen molar-refractivity contribution in [2.45, 2.75) is 12.8 Å². The van der Waals surface area contributed by atoms with Gasteiger partial charge in [0.25, 0.3) is 0 Å². The van der Waals surface area contributed by atoms with Crippen molar-refractivity contribution in [3.63, 3.8) is 0 Å². The Labute approximate surface area is 64.2 Å². The molecule has 0 unspecified atom stereocenters. The summed E-state index contributed by atoms with van der Waals surface area (Å²) in [5, 5.41) is 7.36. The van der Waals surface area contributed by atoms with Crippen molar-refractivity contribution in [3.8, 4) is 0 Å². The Kier molecular flexibility index (Phi) is 1.41. The number of nitrogens with two attached hydrogens (primary N) is 1. The molecule has 0 saturated carbocycles. The van der Waals surface area contributed by atoms with Gasteiger partial charge >= 0.3 is 12.0 Å². The van der Waals surface area contributed by atoms with Crippen LogP contribution in [-0.4, -0.2) is 23.3 Å². The third-order valence-corrected chi connectivity index (χ3v) is 1.81. The van der Waals surface area contributed by atoms with E-state index < -0.39 is 0 Å². The lowest BCUT2D eigenvalue weighted by Crippen LogP contribution is -2.17. The Morgan fingerprint density at radius 2 is 2.00 bits per heavy atom. The van der Waals surface area contributed by atoms with Gasteiger partial charge < -0.3 is 15.1 Å². The Balaban J connectivity index is 2.15. The largest absolute Gasteiger partial charge is 0.390 e. The van der Waals surface area contributed by atoms with Crippen LogP contribution >= 0.6 is 0 Å². The molecule has 1 aromatic heterocycles. The SMILES string of the molecule is Nc1nnc(N2CCCC2)o1. The van der Waals surface area contributed by atoms with E-state index in [4.69, 9.17) is 10.2 Å². The highest BCUT2D eigenvalue weighted by Crippen LogP contribution is 2.18. The number of nitrogens with zero attached hydrogens (tertiary/aromatic N) is 3. The predicted octanol–water partition coefficient (Wildman–Crippen LogP) is 0.252. The fourth-order valence-electron chi connectivity index (χ4n) is 1.26. The van der Waals surface area contributed by atoms with E-state index in [1.54, 1.807) is 0 Å². The van der Waals surface area contributed by atoms with E-state index in [-0.39, 0.29) is 6.01 Å². The molecule has 1 aliphatic heterocycles. The Morgan fingerprint density at radius 1 is 1.27 bits per heavy atom. The molecule has 1 aromatic rings. The number of anilines is 2. The molecule has 11 heavy (non-hydrogen) atoms. The van der Waals surface area contributed by atoms with E-state index in [0.29, 0.717) is 6.01 Å². The summed E-state index contributed by atoms with van der Waals surface area (Å²) in [6.45, 7) is 2.00. The number of rotatable bonds is 1. The van der Waals surface area contributed by atoms with E-state index >= 15 is 0 Å². The van der Waals surface area contributed by atoms with E-state index in [0.717, 1.165) is 13.1 Å². The third kappa shape index (κ3) is 1.13. The van der Waals surface area contributed by atoms with Crippen molar-refractivity contribution >= 4 is 12.0 Å². The minimum atomic E-state index is 0.145. The highest BCUT2D eigenvalue weighted by molar-refractivity contribution is 5.28. The first-order chi connectivity index (χ1) is 5.36.